The number of hydrogen-bond acceptors (Lipinski definition) is 4. The molecule has 0 saturated carbocycles. The van der Waals surface area contributed by atoms with Crippen molar-refractivity contribution in [2.75, 3.05) is 0 Å². The number of hydrogen-bond donors (Lipinski definition) is 1. The van der Waals surface area contributed by atoms with Gasteiger partial charge < -0.3 is 9.67 Å². The first-order valence-corrected chi connectivity index (χ1v) is 5.44. The molecule has 0 radical (unpaired) electrons. The van der Waals surface area contributed by atoms with Crippen LogP contribution in [0.4, 0.5) is 0 Å². The second kappa shape index (κ2) is 5.62. The molecule has 0 fully saturated rings. The minimum Gasteiger partial charge on any atom is -0.393 e. The molecular formula is C13H20N4O3. The van der Waals surface area contributed by atoms with E-state index >= 15 is 0 Å². The van der Waals surface area contributed by atoms with Crippen molar-refractivity contribution in [3.05, 3.63) is 27.2 Å². The molecule has 7 nitrogen and oxygen atoms in total. The number of fused-ring (bicyclic) bond motifs is 1. The van der Waals surface area contributed by atoms with E-state index in [4.69, 9.17) is 16.4 Å². The van der Waals surface area contributed by atoms with Crippen LogP contribution in [-0.2, 0) is 20.6 Å². The minimum absolute atomic E-state index is 0.0754. The van der Waals surface area contributed by atoms with Crippen LogP contribution in [0.5, 0.6) is 0 Å². The third-order valence-corrected chi connectivity index (χ3v) is 2.53. The lowest BCUT2D eigenvalue weighted by molar-refractivity contribution is 0.180. The highest BCUT2D eigenvalue weighted by Crippen LogP contribution is 2.04. The van der Waals surface area contributed by atoms with Gasteiger partial charge in [-0.25, -0.2) is 9.78 Å². The van der Waals surface area contributed by atoms with Gasteiger partial charge in [-0.15, -0.1) is 0 Å². The standard InChI is InChI=1S/C13H20N4O3/c1-9(18)6-4-5-7-17-12(19)10-11(14-8-15(10)2)16(3)13(17)20/h8-9,18H,4-7H2,1-3H3/i1D3,3D3,4D2,5D2,6D2. The van der Waals surface area contributed by atoms with Crippen molar-refractivity contribution in [1.82, 2.24) is 18.7 Å². The number of imidazole rings is 1. The highest BCUT2D eigenvalue weighted by atomic mass is 16.3. The fraction of sp³-hybridized carbons (Fsp3) is 0.615. The highest BCUT2D eigenvalue weighted by molar-refractivity contribution is 5.69. The molecule has 110 valence electrons. The Morgan fingerprint density at radius 1 is 1.50 bits per heavy atom. The Kier molecular flexibility index (Phi) is 1.54. The Balaban J connectivity index is 2.75. The molecule has 0 amide bonds. The van der Waals surface area contributed by atoms with E-state index in [2.05, 4.69) is 4.98 Å². The topological polar surface area (TPSA) is 82.1 Å². The van der Waals surface area contributed by atoms with Crippen molar-refractivity contribution in [1.29, 1.82) is 0 Å². The maximum absolute atomic E-state index is 12.8. The molecule has 2 rings (SSSR count). The van der Waals surface area contributed by atoms with Crippen LogP contribution in [0.25, 0.3) is 11.2 Å². The van der Waals surface area contributed by atoms with Crippen molar-refractivity contribution < 1.29 is 21.6 Å². The molecule has 0 spiro atoms. The van der Waals surface area contributed by atoms with E-state index in [1.54, 1.807) is 0 Å². The first-order chi connectivity index (χ1) is 14.1. The Bertz CT molecular complexity index is 1140. The summed E-state index contributed by atoms with van der Waals surface area (Å²) in [5, 5.41) is 9.82. The monoisotopic (exact) mass is 292 g/mol. The summed E-state index contributed by atoms with van der Waals surface area (Å²) < 4.78 is 92.9. The van der Waals surface area contributed by atoms with Gasteiger partial charge >= 0.3 is 5.69 Å². The van der Waals surface area contributed by atoms with Gasteiger partial charge in [0.25, 0.3) is 5.56 Å². The summed E-state index contributed by atoms with van der Waals surface area (Å²) in [7, 11) is 1.30. The van der Waals surface area contributed by atoms with Crippen molar-refractivity contribution in [2.45, 2.75) is 38.6 Å². The second-order valence-electron chi connectivity index (χ2n) is 3.89. The van der Waals surface area contributed by atoms with E-state index in [9.17, 15) is 14.7 Å². The molecule has 0 saturated heterocycles. The van der Waals surface area contributed by atoms with E-state index in [1.165, 1.54) is 7.05 Å². The number of nitrogens with zero attached hydrogens (tertiary/aromatic N) is 4. The molecule has 2 heterocycles. The lowest BCUT2D eigenvalue weighted by atomic mass is 10.2. The van der Waals surface area contributed by atoms with Crippen LogP contribution < -0.4 is 11.2 Å². The van der Waals surface area contributed by atoms with Crippen molar-refractivity contribution in [2.24, 2.45) is 14.0 Å². The normalized spacial score (nSPS) is 25.3. The highest BCUT2D eigenvalue weighted by Gasteiger charge is 2.14. The molecule has 20 heavy (non-hydrogen) atoms. The predicted molar refractivity (Wildman–Crippen MR) is 75.7 cm³/mol. The summed E-state index contributed by atoms with van der Waals surface area (Å²) in [5.41, 5.74) is -3.71. The van der Waals surface area contributed by atoms with Crippen molar-refractivity contribution >= 4 is 11.2 Å². The molecule has 2 aromatic rings. The third-order valence-electron chi connectivity index (χ3n) is 2.53. The molecule has 0 aromatic carbocycles. The third kappa shape index (κ3) is 2.53. The zero-order chi connectivity index (χ0) is 25.2. The van der Waals surface area contributed by atoms with Gasteiger partial charge in [0.1, 0.15) is 0 Å². The first kappa shape index (κ1) is 5.48. The molecule has 0 aliphatic rings. The number of aliphatic hydroxyl groups excluding tert-OH is 1. The van der Waals surface area contributed by atoms with Crippen LogP contribution in [0.1, 0.15) is 42.4 Å². The minimum atomic E-state index is -3.76. The van der Waals surface area contributed by atoms with Crippen LogP contribution in [0, 0.1) is 0 Å². The van der Waals surface area contributed by atoms with Crippen molar-refractivity contribution in [3.8, 4) is 0 Å². The van der Waals surface area contributed by atoms with Gasteiger partial charge in [0.2, 0.25) is 0 Å². The lowest BCUT2D eigenvalue weighted by Crippen LogP contribution is -2.39. The molecule has 0 bridgehead atoms. The fourth-order valence-electron chi connectivity index (χ4n) is 1.63. The molecule has 0 aliphatic carbocycles. The number of aliphatic hydroxyl groups is 1. The predicted octanol–water partition coefficient (Wildman–Crippen LogP) is -0.0152. The first-order valence-electron chi connectivity index (χ1n) is 11.4. The lowest BCUT2D eigenvalue weighted by Gasteiger charge is -2.09. The number of aryl methyl sites for hydroxylation is 2. The van der Waals surface area contributed by atoms with E-state index in [0.29, 0.717) is 0 Å². The van der Waals surface area contributed by atoms with Gasteiger partial charge in [-0.2, -0.15) is 0 Å². The van der Waals surface area contributed by atoms with Crippen LogP contribution in [0.2, 0.25) is 0 Å². The Labute approximate surface area is 133 Å². The Hall–Kier alpha value is -1.89. The van der Waals surface area contributed by atoms with E-state index in [0.717, 1.165) is 10.9 Å². The summed E-state index contributed by atoms with van der Waals surface area (Å²) in [6.07, 6.45) is -12.8. The number of aromatic nitrogens is 4. The summed E-state index contributed by atoms with van der Waals surface area (Å²) in [5.74, 6) is 0. The second-order valence-corrected chi connectivity index (χ2v) is 3.89. The maximum atomic E-state index is 12.8. The number of rotatable bonds is 5. The van der Waals surface area contributed by atoms with E-state index in [1.807, 2.05) is 0 Å². The smallest absolute Gasteiger partial charge is 0.332 e. The summed E-state index contributed by atoms with van der Waals surface area (Å²) in [4.78, 5) is 29.4. The van der Waals surface area contributed by atoms with E-state index < -0.39 is 68.0 Å². The summed E-state index contributed by atoms with van der Waals surface area (Å²) in [6.45, 7) is -8.05. The van der Waals surface area contributed by atoms with E-state index in [-0.39, 0.29) is 9.13 Å². The molecule has 1 unspecified atom stereocenters. The fourth-order valence-corrected chi connectivity index (χ4v) is 1.63. The SMILES string of the molecule is [2H]C([2H])([2H])C(O)C([2H])([2H])C([2H])([2H])C([2H])([2H])Cn1c(=O)c2c(ncn2C)n(C([2H])([2H])[2H])c1=O. The van der Waals surface area contributed by atoms with Crippen LogP contribution in [0.15, 0.2) is 15.9 Å². The largest absolute Gasteiger partial charge is 0.393 e. The maximum Gasteiger partial charge on any atom is 0.332 e. The summed E-state index contributed by atoms with van der Waals surface area (Å²) >= 11 is 0. The van der Waals surface area contributed by atoms with Gasteiger partial charge in [-0.1, -0.05) is 0 Å². The van der Waals surface area contributed by atoms with Gasteiger partial charge in [0.15, 0.2) is 11.2 Å². The van der Waals surface area contributed by atoms with Crippen LogP contribution in [-0.4, -0.2) is 29.9 Å². The Morgan fingerprint density at radius 2 is 2.30 bits per heavy atom. The molecular weight excluding hydrogens is 260 g/mol. The molecule has 1 atom stereocenters. The van der Waals surface area contributed by atoms with Gasteiger partial charge in [0, 0.05) is 37.0 Å². The average molecular weight is 292 g/mol. The van der Waals surface area contributed by atoms with Gasteiger partial charge in [-0.3, -0.25) is 13.9 Å². The van der Waals surface area contributed by atoms with Crippen molar-refractivity contribution in [3.63, 3.8) is 0 Å². The summed E-state index contributed by atoms with van der Waals surface area (Å²) in [6, 6.07) is 0. The molecule has 7 heteroatoms. The average Bonchev–Trinajstić information content (AvgIpc) is 2.96. The van der Waals surface area contributed by atoms with Crippen LogP contribution >= 0.6 is 0 Å². The van der Waals surface area contributed by atoms with Crippen LogP contribution in [0.3, 0.4) is 0 Å². The molecule has 2 aromatic heterocycles. The molecule has 0 aliphatic heterocycles. The Morgan fingerprint density at radius 3 is 3.00 bits per heavy atom. The zero-order valence-corrected chi connectivity index (χ0v) is 10.4. The van der Waals surface area contributed by atoms with Gasteiger partial charge in [-0.05, 0) is 26.0 Å². The van der Waals surface area contributed by atoms with Gasteiger partial charge in [0.05, 0.1) is 12.4 Å². The zero-order valence-electron chi connectivity index (χ0n) is 22.4. The molecule has 1 N–H and O–H groups in total. The quantitative estimate of drug-likeness (QED) is 0.840.